The third-order valence-electron chi connectivity index (χ3n) is 6.15. The Morgan fingerprint density at radius 1 is 1.48 bits per heavy atom. The molecule has 1 aliphatic heterocycles. The first-order valence-corrected chi connectivity index (χ1v) is 9.92. The fourth-order valence-electron chi connectivity index (χ4n) is 4.36. The van der Waals surface area contributed by atoms with Crippen molar-refractivity contribution in [3.63, 3.8) is 0 Å². The number of carbonyl (C=O) groups excluding carboxylic acids is 2. The van der Waals surface area contributed by atoms with E-state index in [1.807, 2.05) is 5.38 Å². The van der Waals surface area contributed by atoms with Crippen molar-refractivity contribution in [3.8, 4) is 0 Å². The van der Waals surface area contributed by atoms with Crippen molar-refractivity contribution in [3.05, 3.63) is 22.7 Å². The molecule has 1 amide bonds. The predicted octanol–water partition coefficient (Wildman–Crippen LogP) is 3.35. The molecule has 1 aromatic rings. The third-order valence-corrected chi connectivity index (χ3v) is 7.06. The van der Waals surface area contributed by atoms with Gasteiger partial charge in [-0.05, 0) is 42.1 Å². The number of carbonyl (C=O) groups is 2. The van der Waals surface area contributed by atoms with Crippen molar-refractivity contribution in [1.82, 2.24) is 4.98 Å². The van der Waals surface area contributed by atoms with E-state index in [1.165, 1.54) is 23.3 Å². The fraction of sp³-hybridized carbons (Fsp3) is 0.632. The zero-order chi connectivity index (χ0) is 17.6. The average molecular weight is 360 g/mol. The molecular formula is C19H24N2O3S. The number of aromatic nitrogens is 1. The molecule has 6 heteroatoms. The number of hydrogen-bond donors (Lipinski definition) is 0. The van der Waals surface area contributed by atoms with E-state index >= 15 is 0 Å². The largest absolute Gasteiger partial charge is 0.461 e. The lowest BCUT2D eigenvalue weighted by Gasteiger charge is -2.56. The molecule has 134 valence electrons. The molecule has 0 N–H and O–H groups in total. The van der Waals surface area contributed by atoms with Crippen molar-refractivity contribution in [1.29, 1.82) is 0 Å². The second-order valence-corrected chi connectivity index (χ2v) is 8.77. The number of nitrogens with zero attached hydrogens (tertiary/aromatic N) is 2. The van der Waals surface area contributed by atoms with Gasteiger partial charge in [-0.15, -0.1) is 11.3 Å². The molecule has 1 aromatic heterocycles. The second-order valence-electron chi connectivity index (χ2n) is 7.93. The number of amides is 1. The summed E-state index contributed by atoms with van der Waals surface area (Å²) in [6.45, 7) is 5.76. The van der Waals surface area contributed by atoms with Crippen molar-refractivity contribution in [2.75, 3.05) is 18.1 Å². The summed E-state index contributed by atoms with van der Waals surface area (Å²) in [6.07, 6.45) is 6.24. The van der Waals surface area contributed by atoms with Crippen LogP contribution in [0, 0.1) is 17.3 Å². The summed E-state index contributed by atoms with van der Waals surface area (Å²) >= 11 is 1.42. The minimum Gasteiger partial charge on any atom is -0.461 e. The van der Waals surface area contributed by atoms with Crippen LogP contribution >= 0.6 is 11.3 Å². The van der Waals surface area contributed by atoms with Crippen LogP contribution in [0.4, 0.5) is 5.13 Å². The van der Waals surface area contributed by atoms with Crippen molar-refractivity contribution >= 4 is 28.3 Å². The first-order chi connectivity index (χ1) is 11.9. The molecule has 4 aliphatic rings. The van der Waals surface area contributed by atoms with Crippen LogP contribution in [0.1, 0.15) is 45.2 Å². The van der Waals surface area contributed by atoms with E-state index in [9.17, 15) is 9.59 Å². The number of thiazole rings is 1. The maximum atomic E-state index is 12.2. The number of rotatable bonds is 5. The van der Waals surface area contributed by atoms with Gasteiger partial charge in [0.25, 0.3) is 0 Å². The molecule has 25 heavy (non-hydrogen) atoms. The van der Waals surface area contributed by atoms with Gasteiger partial charge in [0.15, 0.2) is 5.13 Å². The Morgan fingerprint density at radius 3 is 3.00 bits per heavy atom. The highest BCUT2D eigenvalue weighted by Crippen LogP contribution is 2.59. The van der Waals surface area contributed by atoms with Crippen LogP contribution in [0.15, 0.2) is 17.0 Å². The van der Waals surface area contributed by atoms with Crippen molar-refractivity contribution < 1.29 is 14.3 Å². The summed E-state index contributed by atoms with van der Waals surface area (Å²) in [6, 6.07) is 0. The van der Waals surface area contributed by atoms with Gasteiger partial charge >= 0.3 is 5.97 Å². The Hall–Kier alpha value is -1.69. The summed E-state index contributed by atoms with van der Waals surface area (Å²) in [4.78, 5) is 30.1. The molecule has 0 aromatic carbocycles. The summed E-state index contributed by atoms with van der Waals surface area (Å²) in [5.74, 6) is 1.23. The van der Waals surface area contributed by atoms with Crippen molar-refractivity contribution in [2.45, 2.75) is 46.0 Å². The van der Waals surface area contributed by atoms with Crippen LogP contribution in [0.25, 0.3) is 0 Å². The summed E-state index contributed by atoms with van der Waals surface area (Å²) < 4.78 is 5.51. The lowest BCUT2D eigenvalue weighted by molar-refractivity contribution is -0.142. The first-order valence-electron chi connectivity index (χ1n) is 9.04. The highest BCUT2D eigenvalue weighted by molar-refractivity contribution is 7.14. The minimum absolute atomic E-state index is 0.120. The van der Waals surface area contributed by atoms with Crippen LogP contribution in [0.3, 0.4) is 0 Å². The van der Waals surface area contributed by atoms with Gasteiger partial charge < -0.3 is 4.74 Å². The maximum Gasteiger partial charge on any atom is 0.312 e. The SMILES string of the molecule is CC1(C)[C@H]2CC=C(COC(=O)Cc3csc(N4CCCC4=O)n3)[C@@H]1C2. The molecule has 0 unspecified atom stereocenters. The number of allylic oxidation sites excluding steroid dienone is 1. The number of fused-ring (bicyclic) bond motifs is 1. The van der Waals surface area contributed by atoms with E-state index < -0.39 is 0 Å². The highest BCUT2D eigenvalue weighted by Gasteiger charge is 2.51. The Bertz CT molecular complexity index is 737. The standard InChI is InChI=1S/C19H24N2O3S/c1-19(2)13-6-5-12(15(19)8-13)10-24-17(23)9-14-11-25-18(20-14)21-7-3-4-16(21)22/h5,11,13,15H,3-4,6-10H2,1-2H3/t13-,15-/m0/s1. The maximum absolute atomic E-state index is 12.2. The molecule has 2 atom stereocenters. The van der Waals surface area contributed by atoms with Crippen molar-refractivity contribution in [2.24, 2.45) is 17.3 Å². The molecule has 2 bridgehead atoms. The van der Waals surface area contributed by atoms with Gasteiger partial charge in [0.2, 0.25) is 5.91 Å². The van der Waals surface area contributed by atoms with Gasteiger partial charge in [0.1, 0.15) is 6.61 Å². The summed E-state index contributed by atoms with van der Waals surface area (Å²) in [5.41, 5.74) is 2.32. The number of ether oxygens (including phenoxy) is 1. The van der Waals surface area contributed by atoms with Gasteiger partial charge in [-0.25, -0.2) is 4.98 Å². The predicted molar refractivity (Wildman–Crippen MR) is 96.4 cm³/mol. The zero-order valence-corrected chi connectivity index (χ0v) is 15.6. The van der Waals surface area contributed by atoms with Gasteiger partial charge in [-0.3, -0.25) is 14.5 Å². The Labute approximate surface area is 152 Å². The van der Waals surface area contributed by atoms with Crippen LogP contribution in [-0.2, 0) is 20.7 Å². The van der Waals surface area contributed by atoms with E-state index in [-0.39, 0.29) is 18.3 Å². The van der Waals surface area contributed by atoms with E-state index in [0.717, 1.165) is 25.3 Å². The topological polar surface area (TPSA) is 59.5 Å². The third kappa shape index (κ3) is 3.01. The highest BCUT2D eigenvalue weighted by atomic mass is 32.1. The molecule has 5 rings (SSSR count). The molecule has 5 nitrogen and oxygen atoms in total. The molecule has 0 radical (unpaired) electrons. The smallest absolute Gasteiger partial charge is 0.312 e. The van der Waals surface area contributed by atoms with Crippen LogP contribution in [0.5, 0.6) is 0 Å². The molecule has 0 spiro atoms. The average Bonchev–Trinajstić information content (AvgIpc) is 3.21. The lowest BCUT2D eigenvalue weighted by Crippen LogP contribution is -2.48. The van der Waals surface area contributed by atoms with E-state index in [2.05, 4.69) is 24.9 Å². The normalized spacial score (nSPS) is 27.0. The number of esters is 1. The summed E-state index contributed by atoms with van der Waals surface area (Å²) in [7, 11) is 0. The van der Waals surface area contributed by atoms with Gasteiger partial charge in [-0.2, -0.15) is 0 Å². The Kier molecular flexibility index (Phi) is 4.18. The Morgan fingerprint density at radius 2 is 2.32 bits per heavy atom. The van der Waals surface area contributed by atoms with E-state index in [4.69, 9.17) is 4.74 Å². The van der Waals surface area contributed by atoms with Gasteiger partial charge in [0.05, 0.1) is 12.1 Å². The van der Waals surface area contributed by atoms with E-state index in [0.29, 0.717) is 35.2 Å². The van der Waals surface area contributed by atoms with Gasteiger partial charge in [0, 0.05) is 18.3 Å². The van der Waals surface area contributed by atoms with Gasteiger partial charge in [-0.1, -0.05) is 19.9 Å². The molecular weight excluding hydrogens is 336 g/mol. The fourth-order valence-corrected chi connectivity index (χ4v) is 5.22. The molecule has 3 aliphatic carbocycles. The quantitative estimate of drug-likeness (QED) is 0.597. The lowest BCUT2D eigenvalue weighted by atomic mass is 9.49. The van der Waals surface area contributed by atoms with Crippen LogP contribution in [-0.4, -0.2) is 30.0 Å². The number of anilines is 1. The van der Waals surface area contributed by atoms with Crippen LogP contribution < -0.4 is 4.90 Å². The van der Waals surface area contributed by atoms with E-state index in [1.54, 1.807) is 4.90 Å². The molecule has 1 saturated carbocycles. The molecule has 2 fully saturated rings. The van der Waals surface area contributed by atoms with Crippen LogP contribution in [0.2, 0.25) is 0 Å². The number of hydrogen-bond acceptors (Lipinski definition) is 5. The second kappa shape index (κ2) is 6.24. The first kappa shape index (κ1) is 16.8. The minimum atomic E-state index is -0.246. The molecule has 1 saturated heterocycles. The molecule has 2 heterocycles. The Balaban J connectivity index is 1.30. The summed E-state index contributed by atoms with van der Waals surface area (Å²) in [5, 5.41) is 2.55. The zero-order valence-electron chi connectivity index (χ0n) is 14.8. The monoisotopic (exact) mass is 360 g/mol.